The summed E-state index contributed by atoms with van der Waals surface area (Å²) in [6, 6.07) is 5.49. The van der Waals surface area contributed by atoms with Crippen LogP contribution in [-0.2, 0) is 13.5 Å². The molecule has 1 aliphatic carbocycles. The van der Waals surface area contributed by atoms with Crippen LogP contribution < -0.4 is 5.56 Å². The summed E-state index contributed by atoms with van der Waals surface area (Å²) in [5.74, 6) is 1.10. The van der Waals surface area contributed by atoms with Crippen LogP contribution in [0.4, 0.5) is 0 Å². The van der Waals surface area contributed by atoms with Crippen LogP contribution in [0.3, 0.4) is 0 Å². The predicted molar refractivity (Wildman–Crippen MR) is 117 cm³/mol. The van der Waals surface area contributed by atoms with Crippen molar-refractivity contribution in [3.05, 3.63) is 51.5 Å². The normalized spacial score (nSPS) is 21.7. The highest BCUT2D eigenvalue weighted by Crippen LogP contribution is 2.36. The van der Waals surface area contributed by atoms with Crippen LogP contribution in [0.2, 0.25) is 0 Å². The predicted octanol–water partition coefficient (Wildman–Crippen LogP) is 2.92. The number of nitrogens with zero attached hydrogens (tertiary/aromatic N) is 6. The average Bonchev–Trinajstić information content (AvgIpc) is 3.23. The maximum atomic E-state index is 12.5. The van der Waals surface area contributed by atoms with Gasteiger partial charge in [-0.25, -0.2) is 19.6 Å². The number of hydrogen-bond donors (Lipinski definition) is 1. The molecule has 3 aromatic heterocycles. The minimum atomic E-state index is -0.592. The highest BCUT2D eigenvalue weighted by atomic mass is 79.9. The summed E-state index contributed by atoms with van der Waals surface area (Å²) in [4.78, 5) is 26.1. The van der Waals surface area contributed by atoms with Gasteiger partial charge in [0.2, 0.25) is 0 Å². The van der Waals surface area contributed by atoms with Gasteiger partial charge in [0.05, 0.1) is 33.9 Å². The van der Waals surface area contributed by atoms with Crippen molar-refractivity contribution < 1.29 is 5.11 Å². The monoisotopic (exact) mass is 468 g/mol. The average molecular weight is 469 g/mol. The Morgan fingerprint density at radius 3 is 2.90 bits per heavy atom. The second kappa shape index (κ2) is 6.95. The molecule has 1 saturated carbocycles. The van der Waals surface area contributed by atoms with E-state index in [0.29, 0.717) is 27.1 Å². The van der Waals surface area contributed by atoms with Crippen LogP contribution in [0.5, 0.6) is 0 Å². The van der Waals surface area contributed by atoms with E-state index in [0.717, 1.165) is 42.6 Å². The fourth-order valence-corrected chi connectivity index (χ4v) is 4.73. The Morgan fingerprint density at radius 1 is 1.30 bits per heavy atom. The van der Waals surface area contributed by atoms with Gasteiger partial charge in [-0.2, -0.15) is 5.10 Å². The molecule has 4 aromatic rings. The van der Waals surface area contributed by atoms with Crippen LogP contribution in [0.25, 0.3) is 27.6 Å². The summed E-state index contributed by atoms with van der Waals surface area (Å²) in [6.07, 6.45) is 6.56. The maximum absolute atomic E-state index is 12.5. The summed E-state index contributed by atoms with van der Waals surface area (Å²) < 4.78 is 3.83. The molecule has 0 saturated heterocycles. The molecule has 0 aliphatic heterocycles. The number of rotatable bonds is 3. The number of fused-ring (bicyclic) bond motifs is 2. The van der Waals surface area contributed by atoms with Gasteiger partial charge >= 0.3 is 0 Å². The van der Waals surface area contributed by atoms with Gasteiger partial charge in [0.1, 0.15) is 10.4 Å². The van der Waals surface area contributed by atoms with Crippen molar-refractivity contribution in [2.45, 2.75) is 38.2 Å². The molecular weight excluding hydrogens is 448 g/mol. The third kappa shape index (κ3) is 3.31. The summed E-state index contributed by atoms with van der Waals surface area (Å²) >= 11 is 3.50. The molecule has 5 rings (SSSR count). The Balaban J connectivity index is 1.58. The van der Waals surface area contributed by atoms with Gasteiger partial charge in [-0.3, -0.25) is 4.79 Å². The van der Waals surface area contributed by atoms with E-state index < -0.39 is 5.60 Å². The second-order valence-corrected chi connectivity index (χ2v) is 9.15. The molecule has 0 bridgehead atoms. The zero-order chi connectivity index (χ0) is 21.0. The molecule has 0 radical (unpaired) electrons. The first kappa shape index (κ1) is 19.3. The molecular formula is C21H21BrN6O2. The lowest BCUT2D eigenvalue weighted by atomic mass is 10.00. The molecule has 1 N–H and O–H groups in total. The quantitative estimate of drug-likeness (QED) is 0.496. The fourth-order valence-electron chi connectivity index (χ4n) is 4.29. The molecule has 0 spiro atoms. The summed E-state index contributed by atoms with van der Waals surface area (Å²) in [6.45, 7) is 1.89. The van der Waals surface area contributed by atoms with E-state index in [1.807, 2.05) is 19.1 Å². The molecule has 1 fully saturated rings. The molecule has 1 aliphatic rings. The van der Waals surface area contributed by atoms with Gasteiger partial charge in [0, 0.05) is 19.7 Å². The van der Waals surface area contributed by atoms with Crippen LogP contribution in [0.1, 0.15) is 32.0 Å². The number of benzene rings is 1. The van der Waals surface area contributed by atoms with E-state index in [1.54, 1.807) is 24.0 Å². The Hall–Kier alpha value is -2.65. The minimum absolute atomic E-state index is 0.110. The molecule has 3 heterocycles. The first-order valence-electron chi connectivity index (χ1n) is 9.89. The van der Waals surface area contributed by atoms with Crippen LogP contribution >= 0.6 is 15.9 Å². The first-order valence-corrected chi connectivity index (χ1v) is 10.7. The summed E-state index contributed by atoms with van der Waals surface area (Å²) in [7, 11) is 1.68. The molecule has 0 amide bonds. The van der Waals surface area contributed by atoms with Crippen molar-refractivity contribution in [3.63, 3.8) is 0 Å². The molecule has 0 unspecified atom stereocenters. The smallest absolute Gasteiger partial charge is 0.260 e. The van der Waals surface area contributed by atoms with Gasteiger partial charge in [-0.15, -0.1) is 0 Å². The Kier molecular flexibility index (Phi) is 4.48. The molecule has 1 aromatic carbocycles. The topological polar surface area (TPSA) is 98.7 Å². The van der Waals surface area contributed by atoms with Crippen LogP contribution in [0.15, 0.2) is 40.1 Å². The van der Waals surface area contributed by atoms with Crippen molar-refractivity contribution in [2.24, 2.45) is 13.0 Å². The zero-order valence-electron chi connectivity index (χ0n) is 16.7. The van der Waals surface area contributed by atoms with Crippen molar-refractivity contribution in [2.75, 3.05) is 0 Å². The molecule has 154 valence electrons. The molecule has 30 heavy (non-hydrogen) atoms. The minimum Gasteiger partial charge on any atom is -0.390 e. The lowest BCUT2D eigenvalue weighted by Gasteiger charge is -2.15. The van der Waals surface area contributed by atoms with E-state index in [-0.39, 0.29) is 5.56 Å². The highest BCUT2D eigenvalue weighted by molar-refractivity contribution is 9.10. The lowest BCUT2D eigenvalue weighted by molar-refractivity contribution is 0.0635. The van der Waals surface area contributed by atoms with Crippen molar-refractivity contribution in [3.8, 4) is 5.69 Å². The number of aliphatic hydroxyl groups is 1. The van der Waals surface area contributed by atoms with E-state index >= 15 is 0 Å². The van der Waals surface area contributed by atoms with E-state index in [9.17, 15) is 9.90 Å². The zero-order valence-corrected chi connectivity index (χ0v) is 18.3. The van der Waals surface area contributed by atoms with Gasteiger partial charge in [0.25, 0.3) is 5.56 Å². The van der Waals surface area contributed by atoms with Crippen molar-refractivity contribution in [1.29, 1.82) is 0 Å². The summed E-state index contributed by atoms with van der Waals surface area (Å²) in [5, 5.41) is 16.2. The third-order valence-electron chi connectivity index (χ3n) is 5.87. The van der Waals surface area contributed by atoms with Crippen LogP contribution in [0, 0.1) is 5.92 Å². The van der Waals surface area contributed by atoms with Gasteiger partial charge < -0.3 is 9.67 Å². The van der Waals surface area contributed by atoms with E-state index in [2.05, 4.69) is 31.0 Å². The number of aromatic nitrogens is 6. The van der Waals surface area contributed by atoms with Gasteiger partial charge in [-0.05, 0) is 66.2 Å². The lowest BCUT2D eigenvalue weighted by Crippen LogP contribution is -2.19. The fraction of sp³-hybridized carbons (Fsp3) is 0.381. The number of hydrogen-bond acceptors (Lipinski definition) is 6. The number of aryl methyl sites for hydroxylation is 1. The van der Waals surface area contributed by atoms with Gasteiger partial charge in [-0.1, -0.05) is 0 Å². The molecule has 2 atom stereocenters. The standard InChI is InChI=1S/C21H21BrN6O2/c1-21(30)6-5-12(9-21)7-17-23-10-15-18(22)26-28(19(15)25-17)13-3-4-16-14(8-13)20(29)27(2)11-24-16/h3-4,8,10-12,30H,5-7,9H2,1-2H3/t12-,21+/m0/s1. The Morgan fingerprint density at radius 2 is 2.13 bits per heavy atom. The maximum Gasteiger partial charge on any atom is 0.260 e. The van der Waals surface area contributed by atoms with Crippen molar-refractivity contribution in [1.82, 2.24) is 29.3 Å². The van der Waals surface area contributed by atoms with E-state index in [1.165, 1.54) is 10.9 Å². The van der Waals surface area contributed by atoms with Gasteiger partial charge in [0.15, 0.2) is 5.65 Å². The second-order valence-electron chi connectivity index (χ2n) is 8.40. The largest absolute Gasteiger partial charge is 0.390 e. The first-order chi connectivity index (χ1) is 14.3. The van der Waals surface area contributed by atoms with Crippen LogP contribution in [-0.4, -0.2) is 40.0 Å². The highest BCUT2D eigenvalue weighted by Gasteiger charge is 2.33. The van der Waals surface area contributed by atoms with Crippen molar-refractivity contribution >= 4 is 37.9 Å². The summed E-state index contributed by atoms with van der Waals surface area (Å²) in [5.41, 5.74) is 1.35. The Labute approximate surface area is 180 Å². The Bertz CT molecular complexity index is 1340. The van der Waals surface area contributed by atoms with E-state index in [4.69, 9.17) is 4.98 Å². The third-order valence-corrected chi connectivity index (χ3v) is 6.45. The number of halogens is 1. The SMILES string of the molecule is Cn1cnc2ccc(-n3nc(Br)c4cnc(C[C@@H]5CC[C@@](C)(O)C5)nc43)cc2c1=O. The molecule has 9 heteroatoms. The molecule has 8 nitrogen and oxygen atoms in total.